The monoisotopic (exact) mass is 496 g/mol. The van der Waals surface area contributed by atoms with Crippen LogP contribution in [0, 0.1) is 0 Å². The minimum atomic E-state index is -3.90. The van der Waals surface area contributed by atoms with Gasteiger partial charge < -0.3 is 9.38 Å². The van der Waals surface area contributed by atoms with Gasteiger partial charge in [-0.1, -0.05) is 103 Å². The minimum absolute atomic E-state index is 0.226. The molecule has 1 atom stereocenters. The zero-order valence-corrected chi connectivity index (χ0v) is 23.5. The first kappa shape index (κ1) is 32.4. The fourth-order valence-corrected chi connectivity index (χ4v) is 5.18. The van der Waals surface area contributed by atoms with Crippen molar-refractivity contribution in [3.8, 4) is 0 Å². The Labute approximate surface area is 204 Å². The minimum Gasteiger partial charge on any atom is -0.329 e. The number of likely N-dealkylation sites (N-methyl/N-ethyl adjacent to an activating group) is 1. The number of quaternary nitrogens is 1. The van der Waals surface area contributed by atoms with E-state index in [0.717, 1.165) is 11.5 Å². The Bertz CT molecular complexity index is 446. The van der Waals surface area contributed by atoms with E-state index in [9.17, 15) is 9.46 Å². The van der Waals surface area contributed by atoms with Gasteiger partial charge in [-0.3, -0.25) is 9.05 Å². The van der Waals surface area contributed by atoms with E-state index in [0.29, 0.717) is 11.0 Å². The summed E-state index contributed by atoms with van der Waals surface area (Å²) in [6, 6.07) is 0. The first-order chi connectivity index (χ1) is 15.3. The summed E-state index contributed by atoms with van der Waals surface area (Å²) in [6.07, 6.45) is 22.2. The molecule has 0 fully saturated rings. The molecule has 0 aliphatic rings. The number of unbranched alkanes of at least 4 members (excludes halogenated alkanes) is 15. The van der Waals surface area contributed by atoms with Gasteiger partial charge in [0.1, 0.15) is 13.2 Å². The number of nitrogens with zero attached hydrogens (tertiary/aromatic N) is 1. The highest BCUT2D eigenvalue weighted by molar-refractivity contribution is 7.99. The topological polar surface area (TPSA) is 55.8 Å². The number of hydrogen-bond donors (Lipinski definition) is 1. The van der Waals surface area contributed by atoms with Crippen molar-refractivity contribution in [2.24, 2.45) is 0 Å². The Hall–Kier alpha value is 0.420. The van der Waals surface area contributed by atoms with Crippen LogP contribution in [0.25, 0.3) is 0 Å². The van der Waals surface area contributed by atoms with Gasteiger partial charge in [-0.05, 0) is 12.2 Å². The van der Waals surface area contributed by atoms with Crippen molar-refractivity contribution in [2.75, 3.05) is 52.4 Å². The summed E-state index contributed by atoms with van der Waals surface area (Å²) in [7, 11) is 2.15. The molecule has 1 N–H and O–H groups in total. The second-order valence-corrected chi connectivity index (χ2v) is 12.7. The van der Waals surface area contributed by atoms with E-state index in [-0.39, 0.29) is 13.2 Å². The van der Waals surface area contributed by atoms with Gasteiger partial charge in [0.2, 0.25) is 0 Å². The first-order valence-corrected chi connectivity index (χ1v) is 15.9. The van der Waals surface area contributed by atoms with Crippen LogP contribution in [0.5, 0.6) is 0 Å². The lowest BCUT2D eigenvalue weighted by molar-refractivity contribution is -0.870. The highest BCUT2D eigenvalue weighted by Crippen LogP contribution is 2.43. The van der Waals surface area contributed by atoms with Crippen molar-refractivity contribution in [3.05, 3.63) is 0 Å². The average Bonchev–Trinajstić information content (AvgIpc) is 2.71. The summed E-state index contributed by atoms with van der Waals surface area (Å²) in [5.41, 5.74) is 0. The second kappa shape index (κ2) is 21.9. The van der Waals surface area contributed by atoms with E-state index in [1.807, 2.05) is 21.1 Å². The molecule has 0 radical (unpaired) electrons. The molecule has 7 heteroatoms. The predicted molar refractivity (Wildman–Crippen MR) is 141 cm³/mol. The fraction of sp³-hybridized carbons (Fsp3) is 1.00. The van der Waals surface area contributed by atoms with Gasteiger partial charge in [0, 0.05) is 5.75 Å². The van der Waals surface area contributed by atoms with E-state index in [1.165, 1.54) is 103 Å². The zero-order chi connectivity index (χ0) is 24.0. The van der Waals surface area contributed by atoms with Crippen molar-refractivity contribution in [2.45, 2.75) is 110 Å². The van der Waals surface area contributed by atoms with Gasteiger partial charge in [-0.15, -0.1) is 0 Å². The van der Waals surface area contributed by atoms with Gasteiger partial charge >= 0.3 is 7.82 Å². The Morgan fingerprint density at radius 2 is 1.06 bits per heavy atom. The van der Waals surface area contributed by atoms with Crippen LogP contribution in [-0.2, 0) is 13.6 Å². The maximum atomic E-state index is 11.8. The molecule has 0 bridgehead atoms. The van der Waals surface area contributed by atoms with Crippen LogP contribution in [0.15, 0.2) is 0 Å². The van der Waals surface area contributed by atoms with E-state index >= 15 is 0 Å². The molecule has 0 aromatic heterocycles. The van der Waals surface area contributed by atoms with Crippen LogP contribution in [0.2, 0.25) is 0 Å². The second-order valence-electron chi connectivity index (χ2n) is 10.1. The summed E-state index contributed by atoms with van der Waals surface area (Å²) in [4.78, 5) is 9.66. The number of thioether (sulfide) groups is 1. The lowest BCUT2D eigenvalue weighted by Gasteiger charge is -2.24. The standard InChI is InChI=1S/C25H54NO4PS/c1-5-6-7-8-9-10-11-12-13-14-15-16-17-18-19-20-24-32-25-23-30-31(27,28)29-22-21-26(2,3)4/h5-25H2,1-4H3/p+1. The maximum absolute atomic E-state index is 11.8. The average molecular weight is 497 g/mol. The summed E-state index contributed by atoms with van der Waals surface area (Å²) in [5.74, 6) is 1.84. The molecular formula is C25H55NO4PS+. The third-order valence-electron chi connectivity index (χ3n) is 5.64. The number of phosphoric acid groups is 1. The van der Waals surface area contributed by atoms with Crippen LogP contribution in [-0.4, -0.2) is 61.8 Å². The van der Waals surface area contributed by atoms with Crippen molar-refractivity contribution in [1.82, 2.24) is 0 Å². The molecule has 0 aliphatic heterocycles. The molecule has 0 aromatic carbocycles. The van der Waals surface area contributed by atoms with Gasteiger partial charge in [-0.2, -0.15) is 11.8 Å². The van der Waals surface area contributed by atoms with E-state index in [1.54, 1.807) is 11.8 Å². The molecule has 0 amide bonds. The summed E-state index contributed by atoms with van der Waals surface area (Å²) in [6.45, 7) is 3.44. The normalized spacial score (nSPS) is 14.0. The number of phosphoric ester groups is 1. The van der Waals surface area contributed by atoms with Crippen LogP contribution in [0.1, 0.15) is 110 Å². The molecular weight excluding hydrogens is 441 g/mol. The SMILES string of the molecule is CCCCCCCCCCCCCCCCCCSCCOP(=O)(O)OCC[N+](C)(C)C. The lowest BCUT2D eigenvalue weighted by Crippen LogP contribution is -2.37. The summed E-state index contributed by atoms with van der Waals surface area (Å²) in [5, 5.41) is 0. The van der Waals surface area contributed by atoms with Crippen molar-refractivity contribution in [3.63, 3.8) is 0 Å². The van der Waals surface area contributed by atoms with Crippen molar-refractivity contribution >= 4 is 19.6 Å². The van der Waals surface area contributed by atoms with Crippen LogP contribution in [0.3, 0.4) is 0 Å². The molecule has 0 aromatic rings. The highest BCUT2D eigenvalue weighted by Gasteiger charge is 2.22. The van der Waals surface area contributed by atoms with Crippen LogP contribution in [0.4, 0.5) is 0 Å². The summed E-state index contributed by atoms with van der Waals surface area (Å²) < 4.78 is 22.5. The molecule has 32 heavy (non-hydrogen) atoms. The predicted octanol–water partition coefficient (Wildman–Crippen LogP) is 7.82. The fourth-order valence-electron chi connectivity index (χ4n) is 3.53. The highest BCUT2D eigenvalue weighted by atomic mass is 32.2. The van der Waals surface area contributed by atoms with Crippen molar-refractivity contribution in [1.29, 1.82) is 0 Å². The Kier molecular flexibility index (Phi) is 22.2. The van der Waals surface area contributed by atoms with Gasteiger partial charge in [0.15, 0.2) is 0 Å². The maximum Gasteiger partial charge on any atom is 0.472 e. The van der Waals surface area contributed by atoms with E-state index < -0.39 is 7.82 Å². The molecule has 0 aliphatic carbocycles. The molecule has 0 saturated heterocycles. The summed E-state index contributed by atoms with van der Waals surface area (Å²) >= 11 is 1.79. The van der Waals surface area contributed by atoms with Gasteiger partial charge in [0.05, 0.1) is 27.7 Å². The Morgan fingerprint density at radius 1 is 0.656 bits per heavy atom. The molecule has 194 valence electrons. The largest absolute Gasteiger partial charge is 0.472 e. The van der Waals surface area contributed by atoms with E-state index in [4.69, 9.17) is 9.05 Å². The molecule has 5 nitrogen and oxygen atoms in total. The quantitative estimate of drug-likeness (QED) is 0.0793. The molecule has 0 heterocycles. The van der Waals surface area contributed by atoms with E-state index in [2.05, 4.69) is 6.92 Å². The lowest BCUT2D eigenvalue weighted by atomic mass is 10.0. The third-order valence-corrected chi connectivity index (χ3v) is 7.69. The molecule has 0 spiro atoms. The Morgan fingerprint density at radius 3 is 1.50 bits per heavy atom. The zero-order valence-electron chi connectivity index (χ0n) is 21.8. The smallest absolute Gasteiger partial charge is 0.329 e. The first-order valence-electron chi connectivity index (χ1n) is 13.3. The Balaban J connectivity index is 3.24. The number of rotatable bonds is 25. The van der Waals surface area contributed by atoms with Crippen LogP contribution >= 0.6 is 19.6 Å². The van der Waals surface area contributed by atoms with Gasteiger partial charge in [0.25, 0.3) is 0 Å². The van der Waals surface area contributed by atoms with Gasteiger partial charge in [-0.25, -0.2) is 4.57 Å². The number of hydrogen-bond acceptors (Lipinski definition) is 4. The molecule has 0 saturated carbocycles. The van der Waals surface area contributed by atoms with Crippen LogP contribution < -0.4 is 0 Å². The molecule has 1 unspecified atom stereocenters. The third kappa shape index (κ3) is 26.7. The molecule has 0 rings (SSSR count). The van der Waals surface area contributed by atoms with Crippen molar-refractivity contribution < 1.29 is 23.0 Å².